The van der Waals surface area contributed by atoms with Gasteiger partial charge in [0.05, 0.1) is 12.2 Å². The van der Waals surface area contributed by atoms with Crippen LogP contribution in [0.4, 0.5) is 0 Å². The van der Waals surface area contributed by atoms with Gasteiger partial charge in [-0.05, 0) is 18.7 Å². The van der Waals surface area contributed by atoms with Crippen molar-refractivity contribution in [2.75, 3.05) is 20.1 Å². The van der Waals surface area contributed by atoms with Crippen LogP contribution in [0.5, 0.6) is 0 Å². The second kappa shape index (κ2) is 6.40. The normalized spacial score (nSPS) is 10.5. The first kappa shape index (κ1) is 12.9. The smallest absolute Gasteiger partial charge is 0.233 e. The molecule has 6 heteroatoms. The minimum Gasteiger partial charge on any atom is -0.358 e. The molecule has 1 aromatic rings. The lowest BCUT2D eigenvalue weighted by Gasteiger charge is -2.18. The van der Waals surface area contributed by atoms with Crippen LogP contribution < -0.4 is 5.32 Å². The van der Waals surface area contributed by atoms with E-state index in [9.17, 15) is 4.79 Å². The first-order valence-corrected chi connectivity index (χ1v) is 5.44. The van der Waals surface area contributed by atoms with Crippen LogP contribution in [0.15, 0.2) is 12.1 Å². The molecule has 0 spiro atoms. The fourth-order valence-corrected chi connectivity index (χ4v) is 1.32. The van der Waals surface area contributed by atoms with E-state index in [-0.39, 0.29) is 5.91 Å². The molecule has 1 N–H and O–H groups in total. The summed E-state index contributed by atoms with van der Waals surface area (Å²) in [7, 11) is 1.62. The number of halogens is 1. The number of aromatic nitrogens is 2. The molecule has 0 saturated carbocycles. The number of nitrogens with one attached hydrogen (secondary N) is 1. The quantitative estimate of drug-likeness (QED) is 0.826. The molecule has 1 amide bonds. The maximum absolute atomic E-state index is 11.2. The summed E-state index contributed by atoms with van der Waals surface area (Å²) in [4.78, 5) is 13.2. The fraction of sp³-hybridized carbons (Fsp3) is 0.500. The van der Waals surface area contributed by atoms with Crippen molar-refractivity contribution in [3.63, 3.8) is 0 Å². The van der Waals surface area contributed by atoms with Crippen molar-refractivity contribution >= 4 is 17.5 Å². The Bertz CT molecular complexity index is 341. The van der Waals surface area contributed by atoms with Gasteiger partial charge in [0.1, 0.15) is 0 Å². The number of hydrogen-bond acceptors (Lipinski definition) is 4. The van der Waals surface area contributed by atoms with Crippen molar-refractivity contribution in [3.8, 4) is 0 Å². The zero-order valence-corrected chi connectivity index (χ0v) is 10.2. The number of carbonyl (C=O) groups is 1. The predicted octanol–water partition coefficient (Wildman–Crippen LogP) is 0.698. The number of nitrogens with zero attached hydrogens (tertiary/aromatic N) is 3. The molecule has 1 heterocycles. The van der Waals surface area contributed by atoms with E-state index in [0.29, 0.717) is 18.2 Å². The Balaban J connectivity index is 2.56. The molecule has 0 radical (unpaired) electrons. The molecular weight excluding hydrogens is 228 g/mol. The van der Waals surface area contributed by atoms with E-state index in [1.807, 2.05) is 17.9 Å². The number of rotatable bonds is 5. The average molecular weight is 243 g/mol. The molecular formula is C10H15ClN4O. The minimum atomic E-state index is -0.0104. The minimum absolute atomic E-state index is 0.0104. The average Bonchev–Trinajstić information content (AvgIpc) is 2.30. The largest absolute Gasteiger partial charge is 0.358 e. The van der Waals surface area contributed by atoms with Crippen molar-refractivity contribution in [3.05, 3.63) is 23.0 Å². The summed E-state index contributed by atoms with van der Waals surface area (Å²) in [5, 5.41) is 10.7. The first-order valence-electron chi connectivity index (χ1n) is 5.06. The number of carbonyl (C=O) groups excluding carboxylic acids is 1. The molecule has 0 atom stereocenters. The third-order valence-corrected chi connectivity index (χ3v) is 2.37. The summed E-state index contributed by atoms with van der Waals surface area (Å²) in [6, 6.07) is 3.50. The zero-order chi connectivity index (χ0) is 12.0. The molecule has 0 aliphatic rings. The van der Waals surface area contributed by atoms with Gasteiger partial charge in [-0.15, -0.1) is 5.10 Å². The highest BCUT2D eigenvalue weighted by Crippen LogP contribution is 2.04. The van der Waals surface area contributed by atoms with Crippen LogP contribution in [0.2, 0.25) is 5.15 Å². The highest BCUT2D eigenvalue weighted by molar-refractivity contribution is 6.29. The SMILES string of the molecule is CCN(CC(=O)NC)Cc1ccc(Cl)nn1. The summed E-state index contributed by atoms with van der Waals surface area (Å²) >= 11 is 5.64. The lowest BCUT2D eigenvalue weighted by atomic mass is 10.3. The number of likely N-dealkylation sites (N-methyl/N-ethyl adjacent to an activating group) is 2. The third-order valence-electron chi connectivity index (χ3n) is 2.17. The standard InChI is InChI=1S/C10H15ClN4O/c1-3-15(7-10(16)12-2)6-8-4-5-9(11)14-13-8/h4-5H,3,6-7H2,1-2H3,(H,12,16). The van der Waals surface area contributed by atoms with E-state index in [1.54, 1.807) is 13.1 Å². The van der Waals surface area contributed by atoms with Crippen LogP contribution in [0, 0.1) is 0 Å². The molecule has 0 unspecified atom stereocenters. The van der Waals surface area contributed by atoms with Gasteiger partial charge in [-0.2, -0.15) is 5.10 Å². The Morgan fingerprint density at radius 3 is 2.75 bits per heavy atom. The maximum atomic E-state index is 11.2. The molecule has 0 saturated heterocycles. The Labute approximate surface area is 99.8 Å². The Kier molecular flexibility index (Phi) is 5.14. The molecule has 0 fully saturated rings. The van der Waals surface area contributed by atoms with Gasteiger partial charge in [-0.3, -0.25) is 9.69 Å². The van der Waals surface area contributed by atoms with Crippen LogP contribution in [-0.2, 0) is 11.3 Å². The van der Waals surface area contributed by atoms with E-state index in [0.717, 1.165) is 12.2 Å². The van der Waals surface area contributed by atoms with Gasteiger partial charge in [0.15, 0.2) is 5.15 Å². The molecule has 16 heavy (non-hydrogen) atoms. The number of amides is 1. The molecule has 0 aliphatic carbocycles. The number of hydrogen-bond donors (Lipinski definition) is 1. The van der Waals surface area contributed by atoms with Crippen molar-refractivity contribution in [1.29, 1.82) is 0 Å². The molecule has 0 aromatic carbocycles. The molecule has 88 valence electrons. The molecule has 1 aromatic heterocycles. The summed E-state index contributed by atoms with van der Waals surface area (Å²) < 4.78 is 0. The van der Waals surface area contributed by atoms with Gasteiger partial charge >= 0.3 is 0 Å². The van der Waals surface area contributed by atoms with Gasteiger partial charge in [0.2, 0.25) is 5.91 Å². The summed E-state index contributed by atoms with van der Waals surface area (Å²) in [5.74, 6) is -0.0104. The molecule has 0 bridgehead atoms. The highest BCUT2D eigenvalue weighted by atomic mass is 35.5. The monoisotopic (exact) mass is 242 g/mol. The van der Waals surface area contributed by atoms with Crippen LogP contribution in [0.1, 0.15) is 12.6 Å². The predicted molar refractivity (Wildman–Crippen MR) is 62.1 cm³/mol. The Morgan fingerprint density at radius 1 is 1.50 bits per heavy atom. The van der Waals surface area contributed by atoms with E-state index in [2.05, 4.69) is 15.5 Å². The fourth-order valence-electron chi connectivity index (χ4n) is 1.22. The molecule has 5 nitrogen and oxygen atoms in total. The van der Waals surface area contributed by atoms with Crippen molar-refractivity contribution in [2.45, 2.75) is 13.5 Å². The lowest BCUT2D eigenvalue weighted by molar-refractivity contribution is -0.121. The van der Waals surface area contributed by atoms with Crippen LogP contribution in [0.25, 0.3) is 0 Å². The third kappa shape index (κ3) is 4.12. The van der Waals surface area contributed by atoms with E-state index in [4.69, 9.17) is 11.6 Å². The summed E-state index contributed by atoms with van der Waals surface area (Å²) in [6.07, 6.45) is 0. The first-order chi connectivity index (χ1) is 7.65. The van der Waals surface area contributed by atoms with Gasteiger partial charge < -0.3 is 5.32 Å². The van der Waals surface area contributed by atoms with Crippen molar-refractivity contribution in [1.82, 2.24) is 20.4 Å². The van der Waals surface area contributed by atoms with Crippen molar-refractivity contribution in [2.24, 2.45) is 0 Å². The summed E-state index contributed by atoms with van der Waals surface area (Å²) in [6.45, 7) is 3.72. The van der Waals surface area contributed by atoms with Crippen LogP contribution in [-0.4, -0.2) is 41.1 Å². The van der Waals surface area contributed by atoms with Gasteiger partial charge in [0, 0.05) is 13.6 Å². The second-order valence-corrected chi connectivity index (χ2v) is 3.71. The maximum Gasteiger partial charge on any atom is 0.233 e. The van der Waals surface area contributed by atoms with Gasteiger partial charge in [0.25, 0.3) is 0 Å². The second-order valence-electron chi connectivity index (χ2n) is 3.32. The zero-order valence-electron chi connectivity index (χ0n) is 9.40. The Hall–Kier alpha value is -1.20. The molecule has 1 rings (SSSR count). The van der Waals surface area contributed by atoms with E-state index in [1.165, 1.54) is 0 Å². The van der Waals surface area contributed by atoms with Gasteiger partial charge in [-0.1, -0.05) is 18.5 Å². The Morgan fingerprint density at radius 2 is 2.25 bits per heavy atom. The van der Waals surface area contributed by atoms with E-state index >= 15 is 0 Å². The van der Waals surface area contributed by atoms with Crippen LogP contribution >= 0.6 is 11.6 Å². The van der Waals surface area contributed by atoms with Crippen LogP contribution in [0.3, 0.4) is 0 Å². The highest BCUT2D eigenvalue weighted by Gasteiger charge is 2.09. The molecule has 0 aliphatic heterocycles. The summed E-state index contributed by atoms with van der Waals surface area (Å²) in [5.41, 5.74) is 0.801. The van der Waals surface area contributed by atoms with Crippen molar-refractivity contribution < 1.29 is 4.79 Å². The van der Waals surface area contributed by atoms with Gasteiger partial charge in [-0.25, -0.2) is 0 Å². The lowest BCUT2D eigenvalue weighted by Crippen LogP contribution is -2.35. The van der Waals surface area contributed by atoms with E-state index < -0.39 is 0 Å². The topological polar surface area (TPSA) is 58.1 Å².